The highest BCUT2D eigenvalue weighted by Gasteiger charge is 2.00. The Bertz CT molecular complexity index is 824. The number of hydrogen-bond acceptors (Lipinski definition) is 1. The first-order chi connectivity index (χ1) is 11.3. The van der Waals surface area contributed by atoms with E-state index >= 15 is 0 Å². The Morgan fingerprint density at radius 3 is 1.83 bits per heavy atom. The van der Waals surface area contributed by atoms with Crippen molar-refractivity contribution in [1.82, 2.24) is 14.1 Å². The Labute approximate surface area is 159 Å². The molecule has 2 heterocycles. The van der Waals surface area contributed by atoms with Crippen LogP contribution in [0.5, 0.6) is 0 Å². The minimum absolute atomic E-state index is 0. The van der Waals surface area contributed by atoms with Gasteiger partial charge in [0, 0.05) is 18.1 Å². The van der Waals surface area contributed by atoms with Gasteiger partial charge in [0.25, 0.3) is 0 Å². The van der Waals surface area contributed by atoms with Gasteiger partial charge in [0.05, 0.1) is 13.4 Å². The third-order valence-corrected chi connectivity index (χ3v) is 3.38. The summed E-state index contributed by atoms with van der Waals surface area (Å²) in [6.07, 6.45) is 11.6. The smallest absolute Gasteiger partial charge is 0.248 e. The number of rotatable bonds is 2. The minimum Gasteiger partial charge on any atom is -1.00 e. The van der Waals surface area contributed by atoms with Gasteiger partial charge in [-0.15, -0.1) is 0 Å². The molecule has 0 unspecified atom stereocenters. The van der Waals surface area contributed by atoms with E-state index in [2.05, 4.69) is 21.7 Å². The van der Waals surface area contributed by atoms with E-state index < -0.39 is 0 Å². The van der Waals surface area contributed by atoms with Gasteiger partial charge < -0.3 is 28.5 Å². The zero-order valence-corrected chi connectivity index (χ0v) is 15.6. The lowest BCUT2D eigenvalue weighted by Crippen LogP contribution is -3.00. The van der Waals surface area contributed by atoms with Gasteiger partial charge in [0.15, 0.2) is 0 Å². The number of para-hydroxylation sites is 2. The van der Waals surface area contributed by atoms with E-state index in [1.54, 1.807) is 12.5 Å². The summed E-state index contributed by atoms with van der Waals surface area (Å²) in [5, 5.41) is 0. The lowest BCUT2D eigenvalue weighted by atomic mass is 10.3. The van der Waals surface area contributed by atoms with Crippen molar-refractivity contribution in [3.63, 3.8) is 0 Å². The highest BCUT2D eigenvalue weighted by Crippen LogP contribution is 2.04. The molecule has 0 fully saturated rings. The van der Waals surface area contributed by atoms with Crippen LogP contribution < -0.4 is 28.5 Å². The van der Waals surface area contributed by atoms with Gasteiger partial charge in [-0.25, -0.2) is 14.1 Å². The summed E-state index contributed by atoms with van der Waals surface area (Å²) >= 11 is 0. The van der Waals surface area contributed by atoms with Crippen LogP contribution in [0.1, 0.15) is 0 Å². The van der Waals surface area contributed by atoms with Crippen LogP contribution in [0.3, 0.4) is 0 Å². The van der Waals surface area contributed by atoms with Crippen LogP contribution in [0, 0.1) is 0 Å². The summed E-state index contributed by atoms with van der Waals surface area (Å²) in [6, 6.07) is 20.4. The second-order valence-corrected chi connectivity index (χ2v) is 5.13. The zero-order chi connectivity index (χ0) is 15.9. The molecule has 0 bridgehead atoms. The predicted octanol–water partition coefficient (Wildman–Crippen LogP) is 0.178. The minimum atomic E-state index is 0. The van der Waals surface area contributed by atoms with Crippen LogP contribution in [0.4, 0.5) is 0 Å². The fraction of sp³-hybridized carbons (Fsp3) is 0.0526. The van der Waals surface area contributed by atoms with Crippen molar-refractivity contribution in [2.75, 3.05) is 0 Å². The molecule has 0 aliphatic rings. The van der Waals surface area contributed by atoms with E-state index in [9.17, 15) is 0 Å². The molecule has 0 saturated carbocycles. The fourth-order valence-corrected chi connectivity index (χ4v) is 2.22. The summed E-state index contributed by atoms with van der Waals surface area (Å²) in [7, 11) is 2.01. The maximum Gasteiger partial charge on any atom is 0.248 e. The maximum absolute atomic E-state index is 3.96. The molecule has 2 aromatic carbocycles. The number of halogens is 1. The molecule has 2 aromatic heterocycles. The number of aryl methyl sites for hydroxylation is 1. The van der Waals surface area contributed by atoms with E-state index in [-0.39, 0.29) is 24.0 Å². The summed E-state index contributed by atoms with van der Waals surface area (Å²) < 4.78 is 6.08. The Morgan fingerprint density at radius 1 is 0.792 bits per heavy atom. The van der Waals surface area contributed by atoms with E-state index in [1.807, 2.05) is 89.6 Å². The summed E-state index contributed by atoms with van der Waals surface area (Å²) in [5.74, 6) is 0. The van der Waals surface area contributed by atoms with Gasteiger partial charge in [-0.2, -0.15) is 0 Å². The van der Waals surface area contributed by atoms with Gasteiger partial charge in [-0.1, -0.05) is 36.4 Å². The van der Waals surface area contributed by atoms with E-state index in [0.717, 1.165) is 5.69 Å². The lowest BCUT2D eigenvalue weighted by Gasteiger charge is -1.98. The zero-order valence-electron chi connectivity index (χ0n) is 13.4. The van der Waals surface area contributed by atoms with Crippen molar-refractivity contribution in [3.05, 3.63) is 98.1 Å². The highest BCUT2D eigenvalue weighted by molar-refractivity contribution is 5.31. The van der Waals surface area contributed by atoms with Crippen LogP contribution in [-0.2, 0) is 7.05 Å². The van der Waals surface area contributed by atoms with Gasteiger partial charge in [0.2, 0.25) is 6.33 Å². The van der Waals surface area contributed by atoms with Crippen molar-refractivity contribution in [1.29, 1.82) is 0 Å². The third-order valence-electron chi connectivity index (χ3n) is 3.38. The molecular weight excluding hydrogens is 411 g/mol. The summed E-state index contributed by atoms with van der Waals surface area (Å²) in [4.78, 5) is 3.96. The van der Waals surface area contributed by atoms with Gasteiger partial charge in [-0.05, 0) is 24.3 Å². The predicted molar refractivity (Wildman–Crippen MR) is 90.5 cm³/mol. The van der Waals surface area contributed by atoms with Crippen molar-refractivity contribution in [2.24, 2.45) is 7.05 Å². The van der Waals surface area contributed by atoms with Crippen LogP contribution >= 0.6 is 0 Å². The lowest BCUT2D eigenvalue weighted by molar-refractivity contribution is -0.670. The van der Waals surface area contributed by atoms with Crippen molar-refractivity contribution >= 4 is 0 Å². The molecule has 0 aliphatic carbocycles. The molecule has 0 spiro atoms. The molecule has 5 heteroatoms. The van der Waals surface area contributed by atoms with E-state index in [1.165, 1.54) is 5.69 Å². The number of nitrogens with zero attached hydrogens (tertiary/aromatic N) is 4. The molecule has 0 radical (unpaired) electrons. The van der Waals surface area contributed by atoms with Crippen molar-refractivity contribution < 1.29 is 28.5 Å². The monoisotopic (exact) mass is 430 g/mol. The third kappa shape index (κ3) is 4.79. The van der Waals surface area contributed by atoms with E-state index in [0.29, 0.717) is 0 Å². The SMILES string of the molecule is C[n+]1ccn(-c2ccccc2)c1.[I-].c1ccc(-n2ccnc2)cc1. The van der Waals surface area contributed by atoms with Crippen LogP contribution in [0.2, 0.25) is 0 Å². The standard InChI is InChI=1S/C10H11N2.C9H8N2.HI/c1-11-7-8-12(9-11)10-5-3-2-4-6-10;1-2-4-9(5-3-1)11-7-6-10-8-11;/h2-9H,1H3;1-8H;1H/q+1;;/p-1. The Morgan fingerprint density at radius 2 is 1.38 bits per heavy atom. The molecule has 4 rings (SSSR count). The molecule has 4 aromatic rings. The van der Waals surface area contributed by atoms with Gasteiger partial charge in [-0.3, -0.25) is 0 Å². The molecule has 0 amide bonds. The number of aromatic nitrogens is 4. The van der Waals surface area contributed by atoms with Crippen LogP contribution in [-0.4, -0.2) is 14.1 Å². The first kappa shape index (κ1) is 17.9. The molecule has 0 atom stereocenters. The van der Waals surface area contributed by atoms with Gasteiger partial charge in [0.1, 0.15) is 18.1 Å². The second-order valence-electron chi connectivity index (χ2n) is 5.13. The fourth-order valence-electron chi connectivity index (χ4n) is 2.22. The summed E-state index contributed by atoms with van der Waals surface area (Å²) in [5.41, 5.74) is 2.34. The average Bonchev–Trinajstić information content (AvgIpc) is 3.29. The highest BCUT2D eigenvalue weighted by atomic mass is 127. The van der Waals surface area contributed by atoms with Crippen LogP contribution in [0.15, 0.2) is 98.1 Å². The van der Waals surface area contributed by atoms with E-state index in [4.69, 9.17) is 0 Å². The molecule has 0 saturated heterocycles. The first-order valence-corrected chi connectivity index (χ1v) is 7.45. The maximum atomic E-state index is 3.96. The van der Waals surface area contributed by atoms with Gasteiger partial charge >= 0.3 is 0 Å². The molecule has 122 valence electrons. The molecule has 0 aliphatic heterocycles. The first-order valence-electron chi connectivity index (χ1n) is 7.45. The van der Waals surface area contributed by atoms with Crippen LogP contribution in [0.25, 0.3) is 11.4 Å². The molecule has 24 heavy (non-hydrogen) atoms. The van der Waals surface area contributed by atoms with Crippen molar-refractivity contribution in [2.45, 2.75) is 0 Å². The van der Waals surface area contributed by atoms with Crippen molar-refractivity contribution in [3.8, 4) is 11.4 Å². The largest absolute Gasteiger partial charge is 1.00 e. The average molecular weight is 430 g/mol. The Kier molecular flexibility index (Phi) is 6.74. The number of imidazole rings is 2. The Balaban J connectivity index is 0.000000167. The quantitative estimate of drug-likeness (QED) is 0.329. The number of hydrogen-bond donors (Lipinski definition) is 0. The number of benzene rings is 2. The molecular formula is C19H19IN4. The molecule has 0 N–H and O–H groups in total. The topological polar surface area (TPSA) is 26.6 Å². The summed E-state index contributed by atoms with van der Waals surface area (Å²) in [6.45, 7) is 0. The second kappa shape index (κ2) is 9.02. The molecule has 4 nitrogen and oxygen atoms in total. The Hall–Kier alpha value is -2.41. The normalized spacial score (nSPS) is 9.54.